The van der Waals surface area contributed by atoms with Gasteiger partial charge in [0.2, 0.25) is 0 Å². The minimum absolute atomic E-state index is 0.0224. The van der Waals surface area contributed by atoms with Crippen molar-refractivity contribution in [3.8, 4) is 0 Å². The Morgan fingerprint density at radius 1 is 1.18 bits per heavy atom. The summed E-state index contributed by atoms with van der Waals surface area (Å²) in [7, 11) is 0. The van der Waals surface area contributed by atoms with E-state index in [9.17, 15) is 4.79 Å². The number of hydrogen-bond donors (Lipinski definition) is 0. The molecule has 0 saturated heterocycles. The van der Waals surface area contributed by atoms with Gasteiger partial charge < -0.3 is 4.74 Å². The molecular formula is C20H42O2. The van der Waals surface area contributed by atoms with E-state index in [1.54, 1.807) is 0 Å². The second-order valence-electron chi connectivity index (χ2n) is 8.19. The molecule has 22 heavy (non-hydrogen) atoms. The van der Waals surface area contributed by atoms with Crippen LogP contribution in [-0.2, 0) is 9.53 Å². The number of hydrogen-bond acceptors (Lipinski definition) is 2. The van der Waals surface area contributed by atoms with Gasteiger partial charge in [-0.3, -0.25) is 4.79 Å². The van der Waals surface area contributed by atoms with Gasteiger partial charge in [-0.1, -0.05) is 61.3 Å². The van der Waals surface area contributed by atoms with Crippen LogP contribution in [0.25, 0.3) is 0 Å². The van der Waals surface area contributed by atoms with Gasteiger partial charge in [0.25, 0.3) is 0 Å². The molecule has 0 heterocycles. The van der Waals surface area contributed by atoms with Crippen LogP contribution in [0, 0.1) is 17.3 Å². The molecular weight excluding hydrogens is 272 g/mol. The van der Waals surface area contributed by atoms with Crippen molar-refractivity contribution < 1.29 is 9.53 Å². The summed E-state index contributed by atoms with van der Waals surface area (Å²) in [5.41, 5.74) is 0.313. The molecule has 0 aromatic rings. The first-order chi connectivity index (χ1) is 9.97. The normalized spacial score (nSPS) is 19.0. The average molecular weight is 315 g/mol. The first-order valence-electron chi connectivity index (χ1n) is 9.19. The summed E-state index contributed by atoms with van der Waals surface area (Å²) in [5, 5.41) is 0. The summed E-state index contributed by atoms with van der Waals surface area (Å²) in [6.45, 7) is 20.7. The summed E-state index contributed by atoms with van der Waals surface area (Å²) in [6.07, 6.45) is 6.62. The van der Waals surface area contributed by atoms with Gasteiger partial charge in [-0.2, -0.15) is 0 Å². The Kier molecular flexibility index (Phi) is 11.9. The highest BCUT2D eigenvalue weighted by Crippen LogP contribution is 2.37. The molecule has 1 aliphatic carbocycles. The third kappa shape index (κ3) is 13.2. The van der Waals surface area contributed by atoms with Gasteiger partial charge in [0.15, 0.2) is 0 Å². The SMILES string of the molecule is CC.CC1CCC(C)(C)CC1.CCC(C)C(=O)OC(C)(C)C. The number of ether oxygens (including phenoxy) is 1. The fourth-order valence-electron chi connectivity index (χ4n) is 2.11. The molecule has 2 heteroatoms. The Bertz CT molecular complexity index is 277. The fourth-order valence-corrected chi connectivity index (χ4v) is 2.11. The number of carbonyl (C=O) groups is 1. The van der Waals surface area contributed by atoms with E-state index in [2.05, 4.69) is 20.8 Å². The zero-order chi connectivity index (χ0) is 18.0. The molecule has 0 bridgehead atoms. The van der Waals surface area contributed by atoms with Gasteiger partial charge in [0.05, 0.1) is 5.92 Å². The van der Waals surface area contributed by atoms with Gasteiger partial charge >= 0.3 is 5.97 Å². The number of esters is 1. The summed E-state index contributed by atoms with van der Waals surface area (Å²) in [6, 6.07) is 0. The molecule has 1 rings (SSSR count). The van der Waals surface area contributed by atoms with E-state index in [1.165, 1.54) is 25.7 Å². The smallest absolute Gasteiger partial charge is 0.309 e. The van der Waals surface area contributed by atoms with E-state index >= 15 is 0 Å². The molecule has 0 aliphatic heterocycles. The van der Waals surface area contributed by atoms with E-state index in [0.717, 1.165) is 12.3 Å². The minimum atomic E-state index is -0.347. The van der Waals surface area contributed by atoms with Crippen LogP contribution in [0.15, 0.2) is 0 Å². The van der Waals surface area contributed by atoms with Crippen molar-refractivity contribution in [1.82, 2.24) is 0 Å². The molecule has 2 nitrogen and oxygen atoms in total. The van der Waals surface area contributed by atoms with Crippen LogP contribution in [0.2, 0.25) is 0 Å². The maximum absolute atomic E-state index is 11.2. The van der Waals surface area contributed by atoms with Crippen LogP contribution in [0.4, 0.5) is 0 Å². The predicted molar refractivity (Wildman–Crippen MR) is 98.1 cm³/mol. The van der Waals surface area contributed by atoms with Crippen LogP contribution >= 0.6 is 0 Å². The summed E-state index contributed by atoms with van der Waals surface area (Å²) in [5.74, 6) is 0.923. The molecule has 0 radical (unpaired) electrons. The first-order valence-corrected chi connectivity index (χ1v) is 9.19. The number of carbonyl (C=O) groups excluding carboxylic acids is 1. The van der Waals surface area contributed by atoms with Crippen molar-refractivity contribution in [2.24, 2.45) is 17.3 Å². The standard InChI is InChI=1S/C9H18O2.C9H18.C2H6/c1-6-7(2)8(10)11-9(3,4)5;1-8-4-6-9(2,3)7-5-8;1-2/h7H,6H2,1-5H3;8H,4-7H2,1-3H3;1-2H3. The lowest BCUT2D eigenvalue weighted by Gasteiger charge is -2.32. The van der Waals surface area contributed by atoms with Crippen LogP contribution in [0.1, 0.15) is 101 Å². The van der Waals surface area contributed by atoms with Crippen molar-refractivity contribution in [2.75, 3.05) is 0 Å². The zero-order valence-corrected chi connectivity index (χ0v) is 17.0. The Balaban J connectivity index is 0. The van der Waals surface area contributed by atoms with Crippen molar-refractivity contribution in [3.05, 3.63) is 0 Å². The molecule has 0 N–H and O–H groups in total. The van der Waals surface area contributed by atoms with Gasteiger partial charge in [0, 0.05) is 0 Å². The quantitative estimate of drug-likeness (QED) is 0.535. The van der Waals surface area contributed by atoms with Crippen LogP contribution in [0.3, 0.4) is 0 Å². The Morgan fingerprint density at radius 2 is 1.59 bits per heavy atom. The molecule has 1 atom stereocenters. The van der Waals surface area contributed by atoms with E-state index in [-0.39, 0.29) is 17.5 Å². The number of rotatable bonds is 2. The van der Waals surface area contributed by atoms with E-state index in [0.29, 0.717) is 5.41 Å². The van der Waals surface area contributed by atoms with Gasteiger partial charge in [-0.25, -0.2) is 0 Å². The molecule has 134 valence electrons. The first kappa shape index (κ1) is 23.7. The van der Waals surface area contributed by atoms with Crippen LogP contribution in [0.5, 0.6) is 0 Å². The topological polar surface area (TPSA) is 26.3 Å². The predicted octanol–water partition coefficient (Wildman–Crippen LogP) is 6.62. The second kappa shape index (κ2) is 11.1. The average Bonchev–Trinajstić information content (AvgIpc) is 2.42. The lowest BCUT2D eigenvalue weighted by atomic mass is 9.74. The summed E-state index contributed by atoms with van der Waals surface area (Å²) >= 11 is 0. The summed E-state index contributed by atoms with van der Waals surface area (Å²) < 4.78 is 5.15. The van der Waals surface area contributed by atoms with Crippen molar-refractivity contribution in [2.45, 2.75) is 107 Å². The molecule has 1 unspecified atom stereocenters. The molecule has 0 amide bonds. The second-order valence-corrected chi connectivity index (χ2v) is 8.19. The fraction of sp³-hybridized carbons (Fsp3) is 0.950. The highest BCUT2D eigenvalue weighted by Gasteiger charge is 2.24. The molecule has 0 aromatic heterocycles. The van der Waals surface area contributed by atoms with E-state index < -0.39 is 0 Å². The van der Waals surface area contributed by atoms with Gasteiger partial charge in [-0.15, -0.1) is 0 Å². The Hall–Kier alpha value is -0.530. The van der Waals surface area contributed by atoms with E-state index in [4.69, 9.17) is 4.74 Å². The lowest BCUT2D eigenvalue weighted by molar-refractivity contribution is -0.159. The van der Waals surface area contributed by atoms with Gasteiger partial charge in [-0.05, 0) is 51.4 Å². The Labute approximate surface area is 140 Å². The molecule has 0 spiro atoms. The molecule has 1 saturated carbocycles. The Morgan fingerprint density at radius 3 is 1.86 bits per heavy atom. The third-order valence-corrected chi connectivity index (χ3v) is 4.05. The largest absolute Gasteiger partial charge is 0.460 e. The minimum Gasteiger partial charge on any atom is -0.460 e. The maximum atomic E-state index is 11.2. The van der Waals surface area contributed by atoms with Crippen molar-refractivity contribution in [3.63, 3.8) is 0 Å². The molecule has 1 aliphatic rings. The highest BCUT2D eigenvalue weighted by atomic mass is 16.6. The summed E-state index contributed by atoms with van der Waals surface area (Å²) in [4.78, 5) is 11.2. The third-order valence-electron chi connectivity index (χ3n) is 4.05. The van der Waals surface area contributed by atoms with Crippen molar-refractivity contribution >= 4 is 5.97 Å². The van der Waals surface area contributed by atoms with E-state index in [1.807, 2.05) is 48.5 Å². The van der Waals surface area contributed by atoms with Gasteiger partial charge in [0.1, 0.15) is 5.60 Å². The molecule has 1 fully saturated rings. The zero-order valence-electron chi connectivity index (χ0n) is 17.0. The maximum Gasteiger partial charge on any atom is 0.309 e. The monoisotopic (exact) mass is 314 g/mol. The lowest BCUT2D eigenvalue weighted by Crippen LogP contribution is -2.27. The van der Waals surface area contributed by atoms with Crippen LogP contribution < -0.4 is 0 Å². The molecule has 0 aromatic carbocycles. The van der Waals surface area contributed by atoms with Crippen LogP contribution in [-0.4, -0.2) is 11.6 Å². The van der Waals surface area contributed by atoms with Crippen molar-refractivity contribution in [1.29, 1.82) is 0 Å². The highest BCUT2D eigenvalue weighted by molar-refractivity contribution is 5.72.